The molecule has 4 rings (SSSR count). The van der Waals surface area contributed by atoms with Gasteiger partial charge in [0, 0.05) is 36.4 Å². The van der Waals surface area contributed by atoms with E-state index in [0.717, 1.165) is 23.6 Å². The van der Waals surface area contributed by atoms with Gasteiger partial charge in [-0.15, -0.1) is 0 Å². The van der Waals surface area contributed by atoms with Crippen molar-refractivity contribution < 1.29 is 14.4 Å². The third kappa shape index (κ3) is 4.64. The normalized spacial score (nSPS) is 15.9. The van der Waals surface area contributed by atoms with Crippen LogP contribution in [-0.4, -0.2) is 42.3 Å². The lowest BCUT2D eigenvalue weighted by Crippen LogP contribution is -2.43. The summed E-state index contributed by atoms with van der Waals surface area (Å²) in [7, 11) is 0. The van der Waals surface area contributed by atoms with E-state index in [4.69, 9.17) is 0 Å². The number of anilines is 1. The molecule has 1 fully saturated rings. The Balaban J connectivity index is 1.42. The third-order valence-corrected chi connectivity index (χ3v) is 5.85. The molecule has 1 atom stereocenters. The van der Waals surface area contributed by atoms with Crippen LogP contribution in [0.2, 0.25) is 0 Å². The highest BCUT2D eigenvalue weighted by Gasteiger charge is 2.29. The first-order valence-electron chi connectivity index (χ1n) is 11.0. The maximum atomic E-state index is 13.3. The zero-order valence-electron chi connectivity index (χ0n) is 18.1. The number of benzene rings is 3. The number of amides is 3. The quantitative estimate of drug-likeness (QED) is 0.642. The Hall–Kier alpha value is -3.67. The molecule has 0 spiro atoms. The second kappa shape index (κ2) is 9.64. The van der Waals surface area contributed by atoms with Crippen molar-refractivity contribution in [1.82, 2.24) is 10.2 Å². The fourth-order valence-corrected chi connectivity index (χ4v) is 4.17. The molecule has 164 valence electrons. The van der Waals surface area contributed by atoms with Crippen LogP contribution in [0.1, 0.15) is 40.5 Å². The first-order valence-corrected chi connectivity index (χ1v) is 11.0. The Morgan fingerprint density at radius 2 is 1.72 bits per heavy atom. The molecule has 6 heteroatoms. The highest BCUT2D eigenvalue weighted by atomic mass is 16.2. The smallest absolute Gasteiger partial charge is 0.254 e. The SMILES string of the molecule is CCNC(=O)c1ccc(NC(=O)C2CCCN(C(=O)c3cccc4ccccc34)C2)cc1. The number of nitrogens with zero attached hydrogens (tertiary/aromatic N) is 1. The van der Waals surface area contributed by atoms with Crippen molar-refractivity contribution in [1.29, 1.82) is 0 Å². The van der Waals surface area contributed by atoms with Crippen molar-refractivity contribution in [2.45, 2.75) is 19.8 Å². The van der Waals surface area contributed by atoms with Crippen LogP contribution < -0.4 is 10.6 Å². The zero-order valence-corrected chi connectivity index (χ0v) is 18.1. The molecule has 0 aliphatic carbocycles. The number of likely N-dealkylation sites (tertiary alicyclic amines) is 1. The van der Waals surface area contributed by atoms with Crippen LogP contribution in [-0.2, 0) is 4.79 Å². The predicted octanol–water partition coefficient (Wildman–Crippen LogP) is 4.08. The summed E-state index contributed by atoms with van der Waals surface area (Å²) in [5, 5.41) is 7.64. The van der Waals surface area contributed by atoms with Crippen LogP contribution in [0.15, 0.2) is 66.7 Å². The molecule has 3 amide bonds. The van der Waals surface area contributed by atoms with Crippen LogP contribution >= 0.6 is 0 Å². The Morgan fingerprint density at radius 3 is 2.50 bits per heavy atom. The molecule has 3 aromatic carbocycles. The van der Waals surface area contributed by atoms with Crippen LogP contribution in [0.4, 0.5) is 5.69 Å². The van der Waals surface area contributed by atoms with E-state index >= 15 is 0 Å². The van der Waals surface area contributed by atoms with E-state index in [9.17, 15) is 14.4 Å². The second-order valence-electron chi connectivity index (χ2n) is 8.04. The van der Waals surface area contributed by atoms with E-state index in [2.05, 4.69) is 10.6 Å². The molecule has 1 aliphatic heterocycles. The van der Waals surface area contributed by atoms with Gasteiger partial charge in [-0.25, -0.2) is 0 Å². The minimum Gasteiger partial charge on any atom is -0.352 e. The summed E-state index contributed by atoms with van der Waals surface area (Å²) in [6.07, 6.45) is 1.52. The van der Waals surface area contributed by atoms with E-state index in [0.29, 0.717) is 36.4 Å². The van der Waals surface area contributed by atoms with Gasteiger partial charge >= 0.3 is 0 Å². The Bertz CT molecular complexity index is 1140. The molecule has 2 N–H and O–H groups in total. The minimum absolute atomic E-state index is 0.0365. The van der Waals surface area contributed by atoms with Crippen molar-refractivity contribution >= 4 is 34.2 Å². The topological polar surface area (TPSA) is 78.5 Å². The molecule has 1 heterocycles. The van der Waals surface area contributed by atoms with E-state index in [1.165, 1.54) is 0 Å². The highest BCUT2D eigenvalue weighted by Crippen LogP contribution is 2.24. The van der Waals surface area contributed by atoms with Crippen LogP contribution in [0, 0.1) is 5.92 Å². The fourth-order valence-electron chi connectivity index (χ4n) is 4.17. The summed E-state index contributed by atoms with van der Waals surface area (Å²) in [4.78, 5) is 39.8. The average Bonchev–Trinajstić information content (AvgIpc) is 2.84. The number of nitrogens with one attached hydrogen (secondary N) is 2. The number of fused-ring (bicyclic) bond motifs is 1. The fraction of sp³-hybridized carbons (Fsp3) is 0.269. The van der Waals surface area contributed by atoms with Crippen molar-refractivity contribution in [3.63, 3.8) is 0 Å². The van der Waals surface area contributed by atoms with Gasteiger partial charge in [0.1, 0.15) is 0 Å². The standard InChI is InChI=1S/C26H27N3O3/c1-2-27-24(30)19-12-14-21(15-13-19)28-25(31)20-9-6-16-29(17-20)26(32)23-11-5-8-18-7-3-4-10-22(18)23/h3-5,7-8,10-15,20H,2,6,9,16-17H2,1H3,(H,27,30)(H,28,31). The zero-order chi connectivity index (χ0) is 22.5. The Labute approximate surface area is 187 Å². The lowest BCUT2D eigenvalue weighted by Gasteiger charge is -2.32. The van der Waals surface area contributed by atoms with Gasteiger partial charge in [-0.1, -0.05) is 36.4 Å². The molecular formula is C26H27N3O3. The summed E-state index contributed by atoms with van der Waals surface area (Å²) in [6, 6.07) is 20.4. The molecule has 1 unspecified atom stereocenters. The number of piperidine rings is 1. The summed E-state index contributed by atoms with van der Waals surface area (Å²) in [5.41, 5.74) is 1.86. The molecule has 0 saturated carbocycles. The summed E-state index contributed by atoms with van der Waals surface area (Å²) >= 11 is 0. The monoisotopic (exact) mass is 429 g/mol. The summed E-state index contributed by atoms with van der Waals surface area (Å²) < 4.78 is 0. The second-order valence-corrected chi connectivity index (χ2v) is 8.04. The number of rotatable bonds is 5. The third-order valence-electron chi connectivity index (χ3n) is 5.85. The largest absolute Gasteiger partial charge is 0.352 e. The van der Waals surface area contributed by atoms with Crippen molar-refractivity contribution in [3.8, 4) is 0 Å². The summed E-state index contributed by atoms with van der Waals surface area (Å²) in [6.45, 7) is 3.47. The predicted molar refractivity (Wildman–Crippen MR) is 126 cm³/mol. The number of carbonyl (C=O) groups is 3. The van der Waals surface area contributed by atoms with Gasteiger partial charge in [-0.05, 0) is 60.9 Å². The molecule has 3 aromatic rings. The molecule has 6 nitrogen and oxygen atoms in total. The first kappa shape index (κ1) is 21.6. The van der Waals surface area contributed by atoms with Gasteiger partial charge in [0.2, 0.25) is 5.91 Å². The van der Waals surface area contributed by atoms with Crippen LogP contribution in [0.5, 0.6) is 0 Å². The lowest BCUT2D eigenvalue weighted by molar-refractivity contribution is -0.121. The minimum atomic E-state index is -0.272. The van der Waals surface area contributed by atoms with Crippen LogP contribution in [0.25, 0.3) is 10.8 Å². The first-order chi connectivity index (χ1) is 15.6. The van der Waals surface area contributed by atoms with Gasteiger partial charge < -0.3 is 15.5 Å². The van der Waals surface area contributed by atoms with Gasteiger partial charge in [0.05, 0.1) is 5.92 Å². The molecule has 1 saturated heterocycles. The molecule has 0 aromatic heterocycles. The van der Waals surface area contributed by atoms with Crippen molar-refractivity contribution in [2.24, 2.45) is 5.92 Å². The number of hydrogen-bond donors (Lipinski definition) is 2. The Morgan fingerprint density at radius 1 is 0.969 bits per heavy atom. The molecular weight excluding hydrogens is 402 g/mol. The van der Waals surface area contributed by atoms with Crippen molar-refractivity contribution in [2.75, 3.05) is 25.0 Å². The van der Waals surface area contributed by atoms with E-state index in [1.54, 1.807) is 29.2 Å². The maximum Gasteiger partial charge on any atom is 0.254 e. The molecule has 0 radical (unpaired) electrons. The van der Waals surface area contributed by atoms with Crippen molar-refractivity contribution in [3.05, 3.63) is 77.9 Å². The van der Waals surface area contributed by atoms with E-state index < -0.39 is 0 Å². The number of carbonyl (C=O) groups excluding carboxylic acids is 3. The maximum absolute atomic E-state index is 13.3. The van der Waals surface area contributed by atoms with Gasteiger partial charge in [-0.3, -0.25) is 14.4 Å². The molecule has 1 aliphatic rings. The molecule has 0 bridgehead atoms. The van der Waals surface area contributed by atoms with Gasteiger partial charge in [-0.2, -0.15) is 0 Å². The number of hydrogen-bond acceptors (Lipinski definition) is 3. The lowest BCUT2D eigenvalue weighted by atomic mass is 9.95. The average molecular weight is 430 g/mol. The van der Waals surface area contributed by atoms with Gasteiger partial charge in [0.15, 0.2) is 0 Å². The van der Waals surface area contributed by atoms with Gasteiger partial charge in [0.25, 0.3) is 11.8 Å². The van der Waals surface area contributed by atoms with E-state index in [1.807, 2.05) is 49.4 Å². The Kier molecular flexibility index (Phi) is 6.50. The van der Waals surface area contributed by atoms with Crippen LogP contribution in [0.3, 0.4) is 0 Å². The molecule has 32 heavy (non-hydrogen) atoms. The highest BCUT2D eigenvalue weighted by molar-refractivity contribution is 6.07. The van der Waals surface area contributed by atoms with E-state index in [-0.39, 0.29) is 23.6 Å². The summed E-state index contributed by atoms with van der Waals surface area (Å²) in [5.74, 6) is -0.553.